The van der Waals surface area contributed by atoms with Crippen LogP contribution in [0, 0.1) is 47.1 Å². The normalized spacial score (nSPS) is 35.2. The number of amides is 1. The molecule has 1 aromatic carbocycles. The largest absolute Gasteiger partial charge is 0.349 e. The molecule has 190 valence electrons. The Hall–Kier alpha value is -2.76. The summed E-state index contributed by atoms with van der Waals surface area (Å²) in [4.78, 5) is 17.2. The minimum atomic E-state index is -0.812. The number of benzene rings is 1. The summed E-state index contributed by atoms with van der Waals surface area (Å²) in [6.07, 6.45) is 16.4. The molecule has 2 fully saturated rings. The summed E-state index contributed by atoms with van der Waals surface area (Å²) < 4.78 is 29.6. The van der Waals surface area contributed by atoms with Crippen LogP contribution < -0.4 is 5.32 Å². The van der Waals surface area contributed by atoms with E-state index < -0.39 is 17.5 Å². The van der Waals surface area contributed by atoms with Crippen LogP contribution in [0.25, 0.3) is 5.70 Å². The predicted molar refractivity (Wildman–Crippen MR) is 136 cm³/mol. The maximum Gasteiger partial charge on any atom is 0.254 e. The summed E-state index contributed by atoms with van der Waals surface area (Å²) in [5.41, 5.74) is 4.18. The van der Waals surface area contributed by atoms with Crippen molar-refractivity contribution < 1.29 is 13.6 Å². The van der Waals surface area contributed by atoms with E-state index in [2.05, 4.69) is 47.1 Å². The summed E-state index contributed by atoms with van der Waals surface area (Å²) in [6, 6.07) is 3.11. The van der Waals surface area contributed by atoms with E-state index in [0.717, 1.165) is 49.9 Å². The molecule has 6 atom stereocenters. The van der Waals surface area contributed by atoms with Crippen LogP contribution in [0.2, 0.25) is 0 Å². The standard InChI is InChI=1S/C30H35F2N3O/c1-18-16-35(17-33-18)27-9-8-24-22-6-4-19-14-21(34-28(36)23-7-5-20(31)15-26(23)32)10-12-29(19,2)25(22)11-13-30(24,27)3/h4-5,7,9,15-17,21-22,24-25H,6,8,10-14H2,1-3H3,(H,34,36)/t21-,22?,24?,25?,29-,30-/m0/s1. The van der Waals surface area contributed by atoms with E-state index in [0.29, 0.717) is 17.8 Å². The second-order valence-electron chi connectivity index (χ2n) is 12.0. The first kappa shape index (κ1) is 23.6. The Morgan fingerprint density at radius 2 is 1.89 bits per heavy atom. The van der Waals surface area contributed by atoms with Gasteiger partial charge in [0.25, 0.3) is 5.91 Å². The lowest BCUT2D eigenvalue weighted by molar-refractivity contribution is -0.0137. The fourth-order valence-electron chi connectivity index (χ4n) is 8.22. The molecule has 0 aliphatic heterocycles. The zero-order chi connectivity index (χ0) is 25.2. The zero-order valence-corrected chi connectivity index (χ0v) is 21.4. The van der Waals surface area contributed by atoms with Crippen molar-refractivity contribution in [2.24, 2.45) is 28.6 Å². The molecular formula is C30H35F2N3O. The van der Waals surface area contributed by atoms with E-state index in [4.69, 9.17) is 0 Å². The van der Waals surface area contributed by atoms with Crippen LogP contribution in [0.3, 0.4) is 0 Å². The highest BCUT2D eigenvalue weighted by Crippen LogP contribution is 2.65. The maximum atomic E-state index is 14.1. The molecule has 1 N–H and O–H groups in total. The van der Waals surface area contributed by atoms with Crippen LogP contribution in [0.5, 0.6) is 0 Å². The van der Waals surface area contributed by atoms with Gasteiger partial charge in [0, 0.05) is 29.4 Å². The summed E-state index contributed by atoms with van der Waals surface area (Å²) >= 11 is 0. The van der Waals surface area contributed by atoms with Crippen LogP contribution >= 0.6 is 0 Å². The van der Waals surface area contributed by atoms with Crippen LogP contribution in [0.1, 0.15) is 74.8 Å². The van der Waals surface area contributed by atoms with E-state index in [9.17, 15) is 13.6 Å². The number of carbonyl (C=O) groups excluding carboxylic acids is 1. The van der Waals surface area contributed by atoms with Gasteiger partial charge in [-0.25, -0.2) is 13.8 Å². The first-order chi connectivity index (χ1) is 17.2. The Morgan fingerprint density at radius 1 is 1.08 bits per heavy atom. The summed E-state index contributed by atoms with van der Waals surface area (Å²) in [5.74, 6) is 0.0150. The smallest absolute Gasteiger partial charge is 0.254 e. The van der Waals surface area contributed by atoms with Crippen molar-refractivity contribution in [1.29, 1.82) is 0 Å². The van der Waals surface area contributed by atoms with Crippen molar-refractivity contribution in [3.8, 4) is 0 Å². The van der Waals surface area contributed by atoms with Gasteiger partial charge in [-0.15, -0.1) is 0 Å². The average Bonchev–Trinajstić information content (AvgIpc) is 3.41. The van der Waals surface area contributed by atoms with E-state index in [1.165, 1.54) is 30.2 Å². The second-order valence-corrected chi connectivity index (χ2v) is 12.0. The molecule has 1 amide bonds. The van der Waals surface area contributed by atoms with Crippen LogP contribution in [-0.4, -0.2) is 21.5 Å². The number of hydrogen-bond acceptors (Lipinski definition) is 2. The Kier molecular flexibility index (Phi) is 5.51. The molecule has 4 aliphatic carbocycles. The Morgan fingerprint density at radius 3 is 2.64 bits per heavy atom. The van der Waals surface area contributed by atoms with Gasteiger partial charge in [0.2, 0.25) is 0 Å². The Labute approximate surface area is 211 Å². The minimum absolute atomic E-state index is 0.0177. The molecule has 6 rings (SSSR count). The van der Waals surface area contributed by atoms with Crippen LogP contribution in [0.15, 0.2) is 48.4 Å². The molecule has 1 heterocycles. The second kappa shape index (κ2) is 8.39. The molecule has 36 heavy (non-hydrogen) atoms. The number of aryl methyl sites for hydroxylation is 1. The Bertz CT molecular complexity index is 1280. The minimum Gasteiger partial charge on any atom is -0.349 e. The molecule has 2 aromatic rings. The van der Waals surface area contributed by atoms with E-state index in [-0.39, 0.29) is 22.4 Å². The average molecular weight is 492 g/mol. The van der Waals surface area contributed by atoms with Gasteiger partial charge in [-0.3, -0.25) is 4.79 Å². The van der Waals surface area contributed by atoms with Gasteiger partial charge in [0.1, 0.15) is 11.6 Å². The third kappa shape index (κ3) is 3.59. The number of nitrogens with one attached hydrogen (secondary N) is 1. The van der Waals surface area contributed by atoms with Gasteiger partial charge in [-0.1, -0.05) is 31.6 Å². The third-order valence-corrected chi connectivity index (χ3v) is 10.1. The molecule has 0 spiro atoms. The predicted octanol–water partition coefficient (Wildman–Crippen LogP) is 6.68. The van der Waals surface area contributed by atoms with E-state index in [1.807, 2.05) is 13.3 Å². The van der Waals surface area contributed by atoms with Gasteiger partial charge in [-0.05, 0) is 87.2 Å². The molecule has 6 heteroatoms. The molecule has 4 aliphatic rings. The Balaban J connectivity index is 1.19. The van der Waals surface area contributed by atoms with Crippen molar-refractivity contribution in [1.82, 2.24) is 14.9 Å². The number of allylic oxidation sites excluding steroid dienone is 3. The molecule has 3 unspecified atom stereocenters. The van der Waals surface area contributed by atoms with Gasteiger partial charge >= 0.3 is 0 Å². The summed E-state index contributed by atoms with van der Waals surface area (Å²) in [6.45, 7) is 6.95. The number of carbonyl (C=O) groups is 1. The number of aromatic nitrogens is 2. The van der Waals surface area contributed by atoms with Crippen molar-refractivity contribution in [2.75, 3.05) is 0 Å². The monoisotopic (exact) mass is 491 g/mol. The fourth-order valence-corrected chi connectivity index (χ4v) is 8.22. The topological polar surface area (TPSA) is 46.9 Å². The summed E-state index contributed by atoms with van der Waals surface area (Å²) in [5, 5.41) is 3.03. The lowest BCUT2D eigenvalue weighted by Gasteiger charge is -2.58. The zero-order valence-electron chi connectivity index (χ0n) is 21.4. The maximum absolute atomic E-state index is 14.1. The quantitative estimate of drug-likeness (QED) is 0.487. The molecule has 4 nitrogen and oxygen atoms in total. The molecule has 0 bridgehead atoms. The summed E-state index contributed by atoms with van der Waals surface area (Å²) in [7, 11) is 0. The molecule has 0 saturated heterocycles. The lowest BCUT2D eigenvalue weighted by atomic mass is 9.47. The van der Waals surface area contributed by atoms with Crippen LogP contribution in [-0.2, 0) is 0 Å². The number of hydrogen-bond donors (Lipinski definition) is 1. The van der Waals surface area contributed by atoms with Crippen molar-refractivity contribution >= 4 is 11.6 Å². The van der Waals surface area contributed by atoms with Crippen molar-refractivity contribution in [2.45, 2.75) is 71.8 Å². The number of halogens is 2. The third-order valence-electron chi connectivity index (χ3n) is 10.1. The van der Waals surface area contributed by atoms with Crippen molar-refractivity contribution in [3.63, 3.8) is 0 Å². The highest BCUT2D eigenvalue weighted by molar-refractivity contribution is 5.94. The number of rotatable bonds is 3. The molecular weight excluding hydrogens is 456 g/mol. The van der Waals surface area contributed by atoms with Crippen LogP contribution in [0.4, 0.5) is 8.78 Å². The van der Waals surface area contributed by atoms with Gasteiger partial charge in [0.15, 0.2) is 0 Å². The number of fused-ring (bicyclic) bond motifs is 5. The molecule has 0 radical (unpaired) electrons. The van der Waals surface area contributed by atoms with Gasteiger partial charge < -0.3 is 9.88 Å². The van der Waals surface area contributed by atoms with Gasteiger partial charge in [-0.2, -0.15) is 0 Å². The first-order valence-corrected chi connectivity index (χ1v) is 13.4. The van der Waals surface area contributed by atoms with Gasteiger partial charge in [0.05, 0.1) is 17.6 Å². The fraction of sp³-hybridized carbons (Fsp3) is 0.533. The number of imidazole rings is 1. The SMILES string of the molecule is Cc1cn(C2=CCC3C4CC=C5C[C@@H](NC(=O)c6ccc(F)cc6F)CC[C@]5(C)C4CC[C@]23C)cn1. The van der Waals surface area contributed by atoms with Crippen molar-refractivity contribution in [3.05, 3.63) is 71.3 Å². The highest BCUT2D eigenvalue weighted by atomic mass is 19.1. The van der Waals surface area contributed by atoms with E-state index >= 15 is 0 Å². The lowest BCUT2D eigenvalue weighted by Crippen LogP contribution is -2.51. The highest BCUT2D eigenvalue weighted by Gasteiger charge is 2.57. The number of nitrogens with zero attached hydrogens (tertiary/aromatic N) is 2. The molecule has 2 saturated carbocycles. The first-order valence-electron chi connectivity index (χ1n) is 13.4. The van der Waals surface area contributed by atoms with E-state index in [1.54, 1.807) is 0 Å². The molecule has 1 aromatic heterocycles.